The van der Waals surface area contributed by atoms with E-state index in [1.165, 1.54) is 25.7 Å². The Bertz CT molecular complexity index is 320. The minimum Gasteiger partial charge on any atom is -0.549 e. The molecule has 0 aromatic rings. The molecule has 0 unspecified atom stereocenters. The van der Waals surface area contributed by atoms with Crippen molar-refractivity contribution in [3.8, 4) is 0 Å². The first kappa shape index (κ1) is 24.0. The van der Waals surface area contributed by atoms with E-state index in [-0.39, 0.29) is 29.5 Å². The minimum absolute atomic E-state index is 0. The number of hydrogen-bond acceptors (Lipinski definition) is 4. The Hall–Kier alpha value is -0.294. The zero-order valence-electron chi connectivity index (χ0n) is 14.7. The maximum absolute atomic E-state index is 11.4. The third-order valence-corrected chi connectivity index (χ3v) is 4.38. The number of carboxylic acid groups (broad SMARTS) is 2. The molecule has 0 spiro atoms. The van der Waals surface area contributed by atoms with Crippen LogP contribution in [0.15, 0.2) is 0 Å². The Morgan fingerprint density at radius 1 is 0.773 bits per heavy atom. The molecular formula is C17H30MgO4. The summed E-state index contributed by atoms with van der Waals surface area (Å²) in [4.78, 5) is 22.8. The zero-order chi connectivity index (χ0) is 16.5. The molecule has 0 fully saturated rings. The van der Waals surface area contributed by atoms with Crippen LogP contribution in [0.4, 0.5) is 0 Å². The van der Waals surface area contributed by atoms with Gasteiger partial charge in [-0.1, -0.05) is 79.1 Å². The fraction of sp³-hybridized carbons (Fsp3) is 0.882. The van der Waals surface area contributed by atoms with Crippen LogP contribution in [0.25, 0.3) is 0 Å². The van der Waals surface area contributed by atoms with Crippen LogP contribution in [-0.4, -0.2) is 35.0 Å². The van der Waals surface area contributed by atoms with Crippen LogP contribution in [0.3, 0.4) is 0 Å². The van der Waals surface area contributed by atoms with Gasteiger partial charge in [-0.3, -0.25) is 0 Å². The van der Waals surface area contributed by atoms with Gasteiger partial charge in [-0.05, 0) is 11.8 Å². The normalized spacial score (nSPS) is 11.8. The standard InChI is InChI=1S/C17H32O4.Mg/c1-5-6-7-8-9-10-11-12-13-17(14(18)19,15(20)21)16(2,3)4;/h5-13H2,1-4H3,(H,18,19)(H,20,21);/q;+2/p-2. The molecule has 0 bridgehead atoms. The molecule has 22 heavy (non-hydrogen) atoms. The molecule has 0 saturated heterocycles. The van der Waals surface area contributed by atoms with Gasteiger partial charge in [0, 0.05) is 0 Å². The number of rotatable bonds is 11. The van der Waals surface area contributed by atoms with Crippen molar-refractivity contribution in [2.45, 2.75) is 85.5 Å². The third-order valence-electron chi connectivity index (χ3n) is 4.38. The van der Waals surface area contributed by atoms with Crippen molar-refractivity contribution in [1.82, 2.24) is 0 Å². The molecule has 0 N–H and O–H groups in total. The van der Waals surface area contributed by atoms with Crippen LogP contribution >= 0.6 is 0 Å². The van der Waals surface area contributed by atoms with E-state index >= 15 is 0 Å². The molecule has 0 saturated carbocycles. The predicted molar refractivity (Wildman–Crippen MR) is 84.9 cm³/mol. The summed E-state index contributed by atoms with van der Waals surface area (Å²) >= 11 is 0. The molecule has 0 amide bonds. The maximum atomic E-state index is 11.4. The molecule has 0 heterocycles. The van der Waals surface area contributed by atoms with Gasteiger partial charge in [0.25, 0.3) is 0 Å². The quantitative estimate of drug-likeness (QED) is 0.329. The second kappa shape index (κ2) is 11.3. The van der Waals surface area contributed by atoms with E-state index in [0.717, 1.165) is 19.3 Å². The first-order chi connectivity index (χ1) is 9.70. The van der Waals surface area contributed by atoms with E-state index in [1.54, 1.807) is 20.8 Å². The van der Waals surface area contributed by atoms with Crippen molar-refractivity contribution in [3.05, 3.63) is 0 Å². The smallest absolute Gasteiger partial charge is 0.549 e. The van der Waals surface area contributed by atoms with E-state index in [0.29, 0.717) is 6.42 Å². The van der Waals surface area contributed by atoms with Gasteiger partial charge in [-0.25, -0.2) is 0 Å². The average Bonchev–Trinajstić information content (AvgIpc) is 2.34. The van der Waals surface area contributed by atoms with Crippen molar-refractivity contribution in [3.63, 3.8) is 0 Å². The van der Waals surface area contributed by atoms with E-state index < -0.39 is 22.8 Å². The Balaban J connectivity index is 0. The van der Waals surface area contributed by atoms with Crippen LogP contribution in [0.2, 0.25) is 0 Å². The largest absolute Gasteiger partial charge is 2.00 e. The number of hydrogen-bond donors (Lipinski definition) is 0. The Morgan fingerprint density at radius 2 is 1.14 bits per heavy atom. The Morgan fingerprint density at radius 3 is 1.45 bits per heavy atom. The van der Waals surface area contributed by atoms with Crippen LogP contribution in [0, 0.1) is 10.8 Å². The minimum atomic E-state index is -1.91. The molecule has 0 rings (SSSR count). The van der Waals surface area contributed by atoms with Crippen molar-refractivity contribution >= 4 is 35.0 Å². The maximum Gasteiger partial charge on any atom is 2.00 e. The summed E-state index contributed by atoms with van der Waals surface area (Å²) < 4.78 is 0. The van der Waals surface area contributed by atoms with Gasteiger partial charge in [-0.15, -0.1) is 0 Å². The molecule has 0 aliphatic heterocycles. The monoisotopic (exact) mass is 322 g/mol. The number of aliphatic carboxylic acids is 2. The molecule has 0 aliphatic carbocycles. The second-order valence-corrected chi connectivity index (χ2v) is 6.96. The van der Waals surface area contributed by atoms with Crippen LogP contribution < -0.4 is 10.2 Å². The van der Waals surface area contributed by atoms with Gasteiger partial charge in [-0.2, -0.15) is 0 Å². The van der Waals surface area contributed by atoms with Crippen LogP contribution in [0.5, 0.6) is 0 Å². The summed E-state index contributed by atoms with van der Waals surface area (Å²) in [6.45, 7) is 7.02. The van der Waals surface area contributed by atoms with E-state index in [2.05, 4.69) is 6.92 Å². The zero-order valence-corrected chi connectivity index (χ0v) is 16.1. The molecule has 4 nitrogen and oxygen atoms in total. The average molecular weight is 323 g/mol. The van der Waals surface area contributed by atoms with Crippen LogP contribution in [-0.2, 0) is 9.59 Å². The van der Waals surface area contributed by atoms with Gasteiger partial charge < -0.3 is 19.8 Å². The summed E-state index contributed by atoms with van der Waals surface area (Å²) in [5, 5.41) is 22.8. The molecule has 124 valence electrons. The van der Waals surface area contributed by atoms with Gasteiger partial charge in [0.1, 0.15) is 0 Å². The predicted octanol–water partition coefficient (Wildman–Crippen LogP) is 1.67. The first-order valence-corrected chi connectivity index (χ1v) is 8.13. The molecular weight excluding hydrogens is 292 g/mol. The van der Waals surface area contributed by atoms with E-state index in [1.807, 2.05) is 0 Å². The van der Waals surface area contributed by atoms with E-state index in [9.17, 15) is 19.8 Å². The molecule has 0 radical (unpaired) electrons. The number of carbonyl (C=O) groups excluding carboxylic acids is 2. The Labute approximate surface area is 151 Å². The van der Waals surface area contributed by atoms with Crippen molar-refractivity contribution in [2.24, 2.45) is 10.8 Å². The topological polar surface area (TPSA) is 80.3 Å². The molecule has 0 aromatic carbocycles. The van der Waals surface area contributed by atoms with Crippen molar-refractivity contribution in [2.75, 3.05) is 0 Å². The second-order valence-electron chi connectivity index (χ2n) is 6.96. The summed E-state index contributed by atoms with van der Waals surface area (Å²) in [5.74, 6) is -3.06. The van der Waals surface area contributed by atoms with E-state index in [4.69, 9.17) is 0 Å². The number of carbonyl (C=O) groups is 2. The van der Waals surface area contributed by atoms with Gasteiger partial charge in [0.05, 0.1) is 17.4 Å². The van der Waals surface area contributed by atoms with Crippen molar-refractivity contribution < 1.29 is 19.8 Å². The fourth-order valence-electron chi connectivity index (χ4n) is 2.80. The summed E-state index contributed by atoms with van der Waals surface area (Å²) in [5.41, 5.74) is -2.83. The Kier molecular flexibility index (Phi) is 12.3. The van der Waals surface area contributed by atoms with Crippen LogP contribution in [0.1, 0.15) is 85.5 Å². The molecule has 0 aliphatic rings. The third kappa shape index (κ3) is 6.86. The van der Waals surface area contributed by atoms with Crippen molar-refractivity contribution in [1.29, 1.82) is 0 Å². The first-order valence-electron chi connectivity index (χ1n) is 8.13. The SMILES string of the molecule is CCCCCCCCCCC(C(=O)[O-])(C(=O)[O-])C(C)(C)C.[Mg+2]. The van der Waals surface area contributed by atoms with Gasteiger partial charge in [0.2, 0.25) is 0 Å². The summed E-state index contributed by atoms with van der Waals surface area (Å²) in [7, 11) is 0. The fourth-order valence-corrected chi connectivity index (χ4v) is 2.80. The van der Waals surface area contributed by atoms with Gasteiger partial charge in [0.15, 0.2) is 0 Å². The molecule has 0 atom stereocenters. The number of unbranched alkanes of at least 4 members (excludes halogenated alkanes) is 7. The summed E-state index contributed by atoms with van der Waals surface area (Å²) in [6, 6.07) is 0. The molecule has 5 heteroatoms. The number of carboxylic acids is 2. The van der Waals surface area contributed by atoms with Gasteiger partial charge >= 0.3 is 23.1 Å². The molecule has 0 aromatic heterocycles. The summed E-state index contributed by atoms with van der Waals surface area (Å²) in [6.07, 6.45) is 8.55.